The van der Waals surface area contributed by atoms with E-state index in [-0.39, 0.29) is 18.8 Å². The minimum absolute atomic E-state index is 0.0988. The van der Waals surface area contributed by atoms with Gasteiger partial charge in [-0.05, 0) is 49.4 Å². The molecule has 3 aromatic rings. The molecule has 0 fully saturated rings. The lowest BCUT2D eigenvalue weighted by Crippen LogP contribution is -2.13. The summed E-state index contributed by atoms with van der Waals surface area (Å²) in [7, 11) is 0. The number of para-hydroxylation sites is 1. The van der Waals surface area contributed by atoms with Crippen molar-refractivity contribution in [1.82, 2.24) is 0 Å². The molecule has 0 atom stereocenters. The van der Waals surface area contributed by atoms with Gasteiger partial charge < -0.3 is 14.8 Å². The fourth-order valence-electron chi connectivity index (χ4n) is 2.91. The number of benzene rings is 3. The highest BCUT2D eigenvalue weighted by atomic mass is 35.5. The Bertz CT molecular complexity index is 1210. The average Bonchev–Trinajstić information content (AvgIpc) is 2.83. The molecular formula is C26H21ClN2O4. The summed E-state index contributed by atoms with van der Waals surface area (Å²) >= 11 is 6.18. The van der Waals surface area contributed by atoms with E-state index in [4.69, 9.17) is 21.1 Å². The first kappa shape index (κ1) is 23.6. The van der Waals surface area contributed by atoms with Crippen molar-refractivity contribution in [3.63, 3.8) is 0 Å². The maximum absolute atomic E-state index is 12.7. The molecule has 0 saturated heterocycles. The van der Waals surface area contributed by atoms with Crippen LogP contribution in [-0.4, -0.2) is 18.5 Å². The van der Waals surface area contributed by atoms with Crippen molar-refractivity contribution in [2.45, 2.75) is 13.5 Å². The van der Waals surface area contributed by atoms with Crippen molar-refractivity contribution in [1.29, 1.82) is 5.26 Å². The molecule has 0 bridgehead atoms. The predicted molar refractivity (Wildman–Crippen MR) is 127 cm³/mol. The first-order chi connectivity index (χ1) is 16.0. The van der Waals surface area contributed by atoms with Gasteiger partial charge in [-0.15, -0.1) is 0 Å². The highest BCUT2D eigenvalue weighted by molar-refractivity contribution is 6.31. The third-order valence-electron chi connectivity index (χ3n) is 4.58. The normalized spacial score (nSPS) is 10.8. The highest BCUT2D eigenvalue weighted by Gasteiger charge is 2.13. The zero-order valence-electron chi connectivity index (χ0n) is 17.9. The van der Waals surface area contributed by atoms with Gasteiger partial charge in [0.15, 0.2) is 0 Å². The molecule has 7 heteroatoms. The summed E-state index contributed by atoms with van der Waals surface area (Å²) < 4.78 is 10.8. The third kappa shape index (κ3) is 6.45. The molecule has 0 aliphatic carbocycles. The molecule has 0 aliphatic rings. The molecule has 1 amide bonds. The largest absolute Gasteiger partial charge is 0.488 e. The lowest BCUT2D eigenvalue weighted by atomic mass is 10.1. The first-order valence-electron chi connectivity index (χ1n) is 10.2. The summed E-state index contributed by atoms with van der Waals surface area (Å²) in [5, 5.41) is 12.8. The number of nitrogens with one attached hydrogen (secondary N) is 1. The smallest absolute Gasteiger partial charge is 0.338 e. The van der Waals surface area contributed by atoms with E-state index in [0.29, 0.717) is 27.6 Å². The van der Waals surface area contributed by atoms with Crippen LogP contribution in [0.5, 0.6) is 5.75 Å². The van der Waals surface area contributed by atoms with E-state index in [1.165, 1.54) is 6.08 Å². The molecule has 3 rings (SSSR count). The summed E-state index contributed by atoms with van der Waals surface area (Å²) in [5.74, 6) is -0.513. The second-order valence-electron chi connectivity index (χ2n) is 6.84. The Labute approximate surface area is 197 Å². The van der Waals surface area contributed by atoms with Crippen molar-refractivity contribution < 1.29 is 19.1 Å². The van der Waals surface area contributed by atoms with Crippen LogP contribution in [0.3, 0.4) is 0 Å². The van der Waals surface area contributed by atoms with Gasteiger partial charge in [-0.25, -0.2) is 4.79 Å². The van der Waals surface area contributed by atoms with Gasteiger partial charge in [0, 0.05) is 21.8 Å². The number of rotatable bonds is 8. The van der Waals surface area contributed by atoms with Crippen LogP contribution in [0.4, 0.5) is 5.69 Å². The van der Waals surface area contributed by atoms with Crippen molar-refractivity contribution in [3.05, 3.63) is 100 Å². The number of nitrogens with zero attached hydrogens (tertiary/aromatic N) is 1. The predicted octanol–water partition coefficient (Wildman–Crippen LogP) is 5.64. The number of halogens is 1. The van der Waals surface area contributed by atoms with E-state index >= 15 is 0 Å². The number of nitriles is 1. The van der Waals surface area contributed by atoms with E-state index in [9.17, 15) is 14.9 Å². The van der Waals surface area contributed by atoms with Crippen LogP contribution < -0.4 is 10.1 Å². The lowest BCUT2D eigenvalue weighted by Gasteiger charge is -2.11. The van der Waals surface area contributed by atoms with Crippen LogP contribution in [0, 0.1) is 11.3 Å². The minimum atomic E-state index is -0.581. The molecular weight excluding hydrogens is 440 g/mol. The zero-order valence-corrected chi connectivity index (χ0v) is 18.6. The van der Waals surface area contributed by atoms with Crippen LogP contribution in [0.25, 0.3) is 6.08 Å². The number of ether oxygens (including phenoxy) is 2. The number of esters is 1. The van der Waals surface area contributed by atoms with Crippen LogP contribution >= 0.6 is 11.6 Å². The number of carbonyl (C=O) groups is 2. The Morgan fingerprint density at radius 2 is 1.73 bits per heavy atom. The molecule has 0 aliphatic heterocycles. The molecule has 1 N–H and O–H groups in total. The fraction of sp³-hybridized carbons (Fsp3) is 0.115. The van der Waals surface area contributed by atoms with Crippen LogP contribution in [0.15, 0.2) is 78.4 Å². The van der Waals surface area contributed by atoms with Crippen LogP contribution in [0.1, 0.15) is 28.4 Å². The monoisotopic (exact) mass is 460 g/mol. The van der Waals surface area contributed by atoms with E-state index in [1.807, 2.05) is 24.3 Å². The number of amides is 1. The molecule has 6 nitrogen and oxygen atoms in total. The SMILES string of the molecule is CCOC(=O)c1ccc(NC(=O)/C(C#N)=C/c2ccccc2OCc2ccccc2Cl)cc1. The lowest BCUT2D eigenvalue weighted by molar-refractivity contribution is -0.112. The van der Waals surface area contributed by atoms with Gasteiger partial charge in [0.2, 0.25) is 0 Å². The number of anilines is 1. The highest BCUT2D eigenvalue weighted by Crippen LogP contribution is 2.24. The molecule has 0 saturated carbocycles. The first-order valence-corrected chi connectivity index (χ1v) is 10.5. The maximum atomic E-state index is 12.7. The van der Waals surface area contributed by atoms with Crippen molar-refractivity contribution in [2.75, 3.05) is 11.9 Å². The minimum Gasteiger partial charge on any atom is -0.488 e. The van der Waals surface area contributed by atoms with Gasteiger partial charge in [0.05, 0.1) is 12.2 Å². The van der Waals surface area contributed by atoms with E-state index in [0.717, 1.165) is 5.56 Å². The molecule has 0 unspecified atom stereocenters. The van der Waals surface area contributed by atoms with E-state index < -0.39 is 11.9 Å². The Morgan fingerprint density at radius 1 is 1.03 bits per heavy atom. The average molecular weight is 461 g/mol. The number of hydrogen-bond donors (Lipinski definition) is 1. The molecule has 33 heavy (non-hydrogen) atoms. The Morgan fingerprint density at radius 3 is 2.42 bits per heavy atom. The summed E-state index contributed by atoms with van der Waals surface area (Å²) in [6, 6.07) is 22.6. The van der Waals surface area contributed by atoms with E-state index in [2.05, 4.69) is 5.32 Å². The van der Waals surface area contributed by atoms with Gasteiger partial charge in [0.1, 0.15) is 24.0 Å². The molecule has 0 heterocycles. The second kappa shape index (κ2) is 11.5. The van der Waals surface area contributed by atoms with Gasteiger partial charge in [-0.1, -0.05) is 48.0 Å². The van der Waals surface area contributed by atoms with E-state index in [1.54, 1.807) is 61.5 Å². The number of carbonyl (C=O) groups excluding carboxylic acids is 2. The van der Waals surface area contributed by atoms with Gasteiger partial charge >= 0.3 is 5.97 Å². The topological polar surface area (TPSA) is 88.4 Å². The molecule has 0 radical (unpaired) electrons. The Balaban J connectivity index is 1.74. The Kier molecular flexibility index (Phi) is 8.23. The molecule has 3 aromatic carbocycles. The molecule has 0 spiro atoms. The zero-order chi connectivity index (χ0) is 23.6. The standard InChI is InChI=1S/C26H21ClN2O4/c1-2-32-26(31)18-11-13-22(14-12-18)29-25(30)21(16-28)15-19-7-4-6-10-24(19)33-17-20-8-3-5-9-23(20)27/h3-15H,2,17H2,1H3,(H,29,30)/b21-15+. The summed E-state index contributed by atoms with van der Waals surface area (Å²) in [4.78, 5) is 24.4. The quantitative estimate of drug-likeness (QED) is 0.267. The van der Waals surface area contributed by atoms with Crippen molar-refractivity contribution >= 4 is 35.2 Å². The third-order valence-corrected chi connectivity index (χ3v) is 4.95. The fourth-order valence-corrected chi connectivity index (χ4v) is 3.10. The van der Waals surface area contributed by atoms with Gasteiger partial charge in [-0.3, -0.25) is 4.79 Å². The van der Waals surface area contributed by atoms with Gasteiger partial charge in [-0.2, -0.15) is 5.26 Å². The summed E-state index contributed by atoms with van der Waals surface area (Å²) in [6.07, 6.45) is 1.46. The van der Waals surface area contributed by atoms with Crippen LogP contribution in [-0.2, 0) is 16.1 Å². The van der Waals surface area contributed by atoms with Crippen molar-refractivity contribution in [3.8, 4) is 11.8 Å². The van der Waals surface area contributed by atoms with Crippen LogP contribution in [0.2, 0.25) is 5.02 Å². The second-order valence-corrected chi connectivity index (χ2v) is 7.25. The van der Waals surface area contributed by atoms with Crippen molar-refractivity contribution in [2.24, 2.45) is 0 Å². The van der Waals surface area contributed by atoms with Gasteiger partial charge in [0.25, 0.3) is 5.91 Å². The summed E-state index contributed by atoms with van der Waals surface area (Å²) in [6.45, 7) is 2.24. The number of hydrogen-bond acceptors (Lipinski definition) is 5. The molecule has 0 aromatic heterocycles. The molecule has 166 valence electrons. The maximum Gasteiger partial charge on any atom is 0.338 e. The Hall–Kier alpha value is -4.08. The summed E-state index contributed by atoms with van der Waals surface area (Å²) in [5.41, 5.74) is 2.11.